The van der Waals surface area contributed by atoms with E-state index in [4.69, 9.17) is 0 Å². The fraction of sp³-hybridized carbons (Fsp3) is 0.235. The van der Waals surface area contributed by atoms with Crippen molar-refractivity contribution in [2.45, 2.75) is 53.1 Å². The van der Waals surface area contributed by atoms with Crippen molar-refractivity contribution in [2.75, 3.05) is 0 Å². The maximum absolute atomic E-state index is 12.5. The minimum atomic E-state index is -0.571. The quantitative estimate of drug-likeness (QED) is 0.219. The molecule has 44 heavy (non-hydrogen) atoms. The summed E-state index contributed by atoms with van der Waals surface area (Å²) >= 11 is 0. The third kappa shape index (κ3) is 8.08. The van der Waals surface area contributed by atoms with Crippen LogP contribution in [0.25, 0.3) is 22.1 Å². The van der Waals surface area contributed by atoms with E-state index < -0.39 is 13.3 Å². The zero-order valence-corrected chi connectivity index (χ0v) is 24.5. The van der Waals surface area contributed by atoms with E-state index in [-0.39, 0.29) is 0 Å². The second-order valence-corrected chi connectivity index (χ2v) is 9.93. The molecule has 0 aliphatic rings. The molecule has 0 spiro atoms. The number of pyridine rings is 2. The van der Waals surface area contributed by atoms with Crippen LogP contribution in [0.4, 0.5) is 8.78 Å². The van der Waals surface area contributed by atoms with Gasteiger partial charge in [0.1, 0.15) is 46.8 Å². The third-order valence-electron chi connectivity index (χ3n) is 6.43. The molecular formula is C34H30F2N8. The summed E-state index contributed by atoms with van der Waals surface area (Å²) < 4.78 is 25.0. The number of benzene rings is 2. The first-order chi connectivity index (χ1) is 21.5. The summed E-state index contributed by atoms with van der Waals surface area (Å²) in [6, 6.07) is 22.3. The second-order valence-electron chi connectivity index (χ2n) is 9.93. The number of hydrogen-bond acceptors (Lipinski definition) is 6. The van der Waals surface area contributed by atoms with Crippen molar-refractivity contribution in [3.63, 3.8) is 0 Å². The zero-order chi connectivity index (χ0) is 30.7. The summed E-state index contributed by atoms with van der Waals surface area (Å²) in [6.45, 7) is 4.14. The topological polar surface area (TPSA) is 87.2 Å². The first-order valence-corrected chi connectivity index (χ1v) is 14.1. The molecule has 0 saturated carbocycles. The average molecular weight is 589 g/mol. The van der Waals surface area contributed by atoms with Gasteiger partial charge in [0.05, 0.1) is 24.5 Å². The highest BCUT2D eigenvalue weighted by Gasteiger charge is 2.04. The number of nitrogens with zero attached hydrogens (tertiary/aromatic N) is 8. The highest BCUT2D eigenvalue weighted by molar-refractivity contribution is 5.77. The molecular weight excluding hydrogens is 558 g/mol. The maximum Gasteiger partial charge on any atom is 0.131 e. The molecule has 0 radical (unpaired) electrons. The minimum Gasteiger partial charge on any atom is -0.244 e. The highest BCUT2D eigenvalue weighted by Crippen LogP contribution is 2.13. The lowest BCUT2D eigenvalue weighted by molar-refractivity contribution is 0.475. The molecule has 0 saturated heterocycles. The SMILES string of the molecule is Cc1ccc2nn(CCC#Cc3cccc(CF)n3)nc2c1.Cc1cccc2nn(CCC#Cc3cccc(CF)n3)nc12. The van der Waals surface area contributed by atoms with E-state index in [0.29, 0.717) is 48.7 Å². The lowest BCUT2D eigenvalue weighted by atomic mass is 10.2. The number of hydrogen-bond donors (Lipinski definition) is 0. The van der Waals surface area contributed by atoms with Gasteiger partial charge < -0.3 is 0 Å². The summed E-state index contributed by atoms with van der Waals surface area (Å²) in [7, 11) is 0. The van der Waals surface area contributed by atoms with Gasteiger partial charge >= 0.3 is 0 Å². The van der Waals surface area contributed by atoms with Gasteiger partial charge in [0.25, 0.3) is 0 Å². The predicted octanol–water partition coefficient (Wildman–Crippen LogP) is 6.09. The minimum absolute atomic E-state index is 0.405. The van der Waals surface area contributed by atoms with Gasteiger partial charge in [0.2, 0.25) is 0 Å². The fourth-order valence-electron chi connectivity index (χ4n) is 4.25. The van der Waals surface area contributed by atoms with Crippen LogP contribution in [-0.4, -0.2) is 40.0 Å². The lowest BCUT2D eigenvalue weighted by Gasteiger charge is -1.94. The zero-order valence-electron chi connectivity index (χ0n) is 24.5. The fourth-order valence-corrected chi connectivity index (χ4v) is 4.25. The van der Waals surface area contributed by atoms with E-state index >= 15 is 0 Å². The van der Waals surface area contributed by atoms with E-state index in [1.807, 2.05) is 50.2 Å². The van der Waals surface area contributed by atoms with Crippen LogP contribution in [0, 0.1) is 37.5 Å². The van der Waals surface area contributed by atoms with Crippen molar-refractivity contribution >= 4 is 22.1 Å². The van der Waals surface area contributed by atoms with Gasteiger partial charge in [-0.05, 0) is 79.3 Å². The Hall–Kier alpha value is -5.48. The van der Waals surface area contributed by atoms with Crippen LogP contribution in [0.5, 0.6) is 0 Å². The summed E-state index contributed by atoms with van der Waals surface area (Å²) in [5.41, 5.74) is 7.86. The molecule has 0 amide bonds. The van der Waals surface area contributed by atoms with Crippen molar-refractivity contribution < 1.29 is 8.78 Å². The smallest absolute Gasteiger partial charge is 0.131 e. The van der Waals surface area contributed by atoms with Crippen LogP contribution in [-0.2, 0) is 26.4 Å². The Morgan fingerprint density at radius 1 is 0.614 bits per heavy atom. The highest BCUT2D eigenvalue weighted by atomic mass is 19.1. The van der Waals surface area contributed by atoms with Gasteiger partial charge in [-0.1, -0.05) is 42.2 Å². The van der Waals surface area contributed by atoms with Gasteiger partial charge in [-0.15, -0.1) is 0 Å². The molecule has 4 aromatic heterocycles. The van der Waals surface area contributed by atoms with E-state index in [0.717, 1.165) is 33.2 Å². The van der Waals surface area contributed by atoms with Crippen molar-refractivity contribution in [2.24, 2.45) is 0 Å². The second kappa shape index (κ2) is 14.6. The standard InChI is InChI=1S/2C17H15FN4/c1-13-6-4-10-16-17(13)21-22(20-16)11-3-2-7-14-8-5-9-15(12-18)19-14;1-13-8-9-16-17(11-13)21-22(20-16)10-3-2-5-14-6-4-7-15(12-18)19-14/h4-6,8-10H,3,11-12H2,1H3;4,6-9,11H,3,10,12H2,1H3. The molecule has 0 aliphatic heterocycles. The summed E-state index contributed by atoms with van der Waals surface area (Å²) in [5, 5.41) is 17.7. The predicted molar refractivity (Wildman–Crippen MR) is 166 cm³/mol. The summed E-state index contributed by atoms with van der Waals surface area (Å²) in [5.74, 6) is 11.9. The van der Waals surface area contributed by atoms with Gasteiger partial charge in [0, 0.05) is 12.8 Å². The van der Waals surface area contributed by atoms with Crippen LogP contribution in [0.15, 0.2) is 72.8 Å². The van der Waals surface area contributed by atoms with Crippen LogP contribution in [0.2, 0.25) is 0 Å². The first-order valence-electron chi connectivity index (χ1n) is 14.1. The van der Waals surface area contributed by atoms with Gasteiger partial charge in [-0.2, -0.15) is 30.0 Å². The molecule has 0 N–H and O–H groups in total. The van der Waals surface area contributed by atoms with Crippen LogP contribution < -0.4 is 0 Å². The Morgan fingerprint density at radius 2 is 1.18 bits per heavy atom. The normalized spacial score (nSPS) is 10.5. The number of halogens is 2. The number of aromatic nitrogens is 8. The Kier molecular flexibility index (Phi) is 9.96. The Labute approximate surface area is 254 Å². The van der Waals surface area contributed by atoms with Crippen LogP contribution in [0.3, 0.4) is 0 Å². The molecule has 6 rings (SSSR count). The number of rotatable bonds is 6. The maximum atomic E-state index is 12.5. The van der Waals surface area contributed by atoms with E-state index in [2.05, 4.69) is 54.0 Å². The van der Waals surface area contributed by atoms with Crippen molar-refractivity contribution in [3.05, 3.63) is 107 Å². The number of aryl methyl sites for hydroxylation is 4. The molecule has 6 aromatic rings. The van der Waals surface area contributed by atoms with E-state index in [1.165, 1.54) is 0 Å². The molecule has 0 unspecified atom stereocenters. The molecule has 0 atom stereocenters. The Balaban J connectivity index is 0.000000175. The third-order valence-corrected chi connectivity index (χ3v) is 6.43. The van der Waals surface area contributed by atoms with Gasteiger partial charge in [-0.25, -0.2) is 18.7 Å². The summed E-state index contributed by atoms with van der Waals surface area (Å²) in [4.78, 5) is 11.5. The lowest BCUT2D eigenvalue weighted by Crippen LogP contribution is -2.01. The van der Waals surface area contributed by atoms with Gasteiger partial charge in [0.15, 0.2) is 0 Å². The monoisotopic (exact) mass is 588 g/mol. The molecule has 0 fully saturated rings. The Morgan fingerprint density at radius 3 is 1.80 bits per heavy atom. The molecule has 0 bridgehead atoms. The van der Waals surface area contributed by atoms with Gasteiger partial charge in [-0.3, -0.25) is 0 Å². The molecule has 8 nitrogen and oxygen atoms in total. The first kappa shape index (κ1) is 30.0. The van der Waals surface area contributed by atoms with E-state index in [9.17, 15) is 8.78 Å². The molecule has 10 heteroatoms. The van der Waals surface area contributed by atoms with Crippen LogP contribution in [0.1, 0.15) is 46.7 Å². The van der Waals surface area contributed by atoms with Crippen molar-refractivity contribution in [1.82, 2.24) is 40.0 Å². The molecule has 2 aromatic carbocycles. The number of alkyl halides is 2. The Bertz CT molecular complexity index is 2010. The van der Waals surface area contributed by atoms with Crippen molar-refractivity contribution in [3.8, 4) is 23.7 Å². The number of fused-ring (bicyclic) bond motifs is 2. The van der Waals surface area contributed by atoms with Crippen molar-refractivity contribution in [1.29, 1.82) is 0 Å². The molecule has 0 aliphatic carbocycles. The summed E-state index contributed by atoms with van der Waals surface area (Å²) in [6.07, 6.45) is 1.23. The average Bonchev–Trinajstić information content (AvgIpc) is 3.66. The van der Waals surface area contributed by atoms with E-state index in [1.54, 1.807) is 46.0 Å². The molecule has 4 heterocycles. The van der Waals surface area contributed by atoms with Crippen LogP contribution >= 0.6 is 0 Å². The molecule has 220 valence electrons. The largest absolute Gasteiger partial charge is 0.244 e.